The van der Waals surface area contributed by atoms with Crippen LogP contribution in [-0.2, 0) is 0 Å². The van der Waals surface area contributed by atoms with Gasteiger partial charge >= 0.3 is 0 Å². The zero-order valence-electron chi connectivity index (χ0n) is 8.52. The summed E-state index contributed by atoms with van der Waals surface area (Å²) in [6, 6.07) is 0.280. The summed E-state index contributed by atoms with van der Waals surface area (Å²) in [5.74, 6) is 0. The van der Waals surface area contributed by atoms with Crippen LogP contribution >= 0.6 is 0 Å². The Bertz CT molecular complexity index is 108. The van der Waals surface area contributed by atoms with E-state index in [0.29, 0.717) is 0 Å². The molecule has 2 nitrogen and oxygen atoms in total. The lowest BCUT2D eigenvalue weighted by Crippen LogP contribution is -2.52. The molecule has 0 saturated heterocycles. The Morgan fingerprint density at radius 2 is 1.82 bits per heavy atom. The fourth-order valence-electron chi connectivity index (χ4n) is 0.996. The van der Waals surface area contributed by atoms with Crippen LogP contribution in [0.1, 0.15) is 33.6 Å². The highest BCUT2D eigenvalue weighted by Crippen LogP contribution is 2.17. The standard InChI is InChI=1S/C9H22N2/c1-6-7-8(10)9(2,3)11(4)5/h8H,6-7,10H2,1-5H3/t8-/m0/s1. The normalized spacial score (nSPS) is 15.5. The van der Waals surface area contributed by atoms with Gasteiger partial charge in [-0.25, -0.2) is 0 Å². The molecule has 0 aromatic rings. The van der Waals surface area contributed by atoms with E-state index in [-0.39, 0.29) is 11.6 Å². The topological polar surface area (TPSA) is 29.3 Å². The van der Waals surface area contributed by atoms with E-state index in [2.05, 4.69) is 39.8 Å². The van der Waals surface area contributed by atoms with Gasteiger partial charge in [0.1, 0.15) is 0 Å². The van der Waals surface area contributed by atoms with E-state index >= 15 is 0 Å². The Balaban J connectivity index is 4.05. The minimum Gasteiger partial charge on any atom is -0.326 e. The first-order valence-corrected chi connectivity index (χ1v) is 4.36. The van der Waals surface area contributed by atoms with Crippen molar-refractivity contribution in [3.63, 3.8) is 0 Å². The second-order valence-corrected chi connectivity index (χ2v) is 3.94. The first-order valence-electron chi connectivity index (χ1n) is 4.36. The van der Waals surface area contributed by atoms with Gasteiger partial charge in [-0.15, -0.1) is 0 Å². The van der Waals surface area contributed by atoms with Crippen molar-refractivity contribution in [1.82, 2.24) is 4.90 Å². The molecule has 0 fully saturated rings. The second-order valence-electron chi connectivity index (χ2n) is 3.94. The van der Waals surface area contributed by atoms with E-state index in [1.165, 1.54) is 6.42 Å². The van der Waals surface area contributed by atoms with Crippen LogP contribution in [0.4, 0.5) is 0 Å². The van der Waals surface area contributed by atoms with Gasteiger partial charge < -0.3 is 10.6 Å². The molecule has 0 bridgehead atoms. The molecule has 0 saturated carbocycles. The summed E-state index contributed by atoms with van der Waals surface area (Å²) >= 11 is 0. The van der Waals surface area contributed by atoms with Gasteiger partial charge in [-0.2, -0.15) is 0 Å². The molecule has 0 aliphatic heterocycles. The summed E-state index contributed by atoms with van der Waals surface area (Å²) in [5.41, 5.74) is 6.14. The number of nitrogens with two attached hydrogens (primary N) is 1. The molecule has 68 valence electrons. The minimum atomic E-state index is 0.121. The number of rotatable bonds is 4. The molecule has 0 spiro atoms. The number of likely N-dealkylation sites (N-methyl/N-ethyl adjacent to an activating group) is 1. The summed E-state index contributed by atoms with van der Waals surface area (Å²) in [6.07, 6.45) is 2.27. The summed E-state index contributed by atoms with van der Waals surface area (Å²) in [4.78, 5) is 2.19. The van der Waals surface area contributed by atoms with Gasteiger partial charge in [-0.05, 0) is 34.4 Å². The third-order valence-corrected chi connectivity index (χ3v) is 2.66. The summed E-state index contributed by atoms with van der Waals surface area (Å²) < 4.78 is 0. The maximum Gasteiger partial charge on any atom is 0.0298 e. The molecule has 0 unspecified atom stereocenters. The van der Waals surface area contributed by atoms with Crippen molar-refractivity contribution in [1.29, 1.82) is 0 Å². The van der Waals surface area contributed by atoms with Crippen LogP contribution in [0, 0.1) is 0 Å². The summed E-state index contributed by atoms with van der Waals surface area (Å²) in [6.45, 7) is 6.55. The van der Waals surface area contributed by atoms with Crippen LogP contribution in [0.15, 0.2) is 0 Å². The molecule has 0 aromatic carbocycles. The third-order valence-electron chi connectivity index (χ3n) is 2.66. The molecule has 2 heteroatoms. The average molecular weight is 158 g/mol. The Labute approximate surface area is 70.8 Å². The van der Waals surface area contributed by atoms with Crippen molar-refractivity contribution in [2.45, 2.75) is 45.2 Å². The van der Waals surface area contributed by atoms with E-state index < -0.39 is 0 Å². The average Bonchev–Trinajstić information content (AvgIpc) is 1.88. The molecular weight excluding hydrogens is 136 g/mol. The lowest BCUT2D eigenvalue weighted by atomic mass is 9.91. The predicted octanol–water partition coefficient (Wildman–Crippen LogP) is 1.45. The van der Waals surface area contributed by atoms with Crippen molar-refractivity contribution in [2.75, 3.05) is 14.1 Å². The van der Waals surface area contributed by atoms with Crippen LogP contribution in [0.3, 0.4) is 0 Å². The predicted molar refractivity (Wildman–Crippen MR) is 50.6 cm³/mol. The van der Waals surface area contributed by atoms with E-state index in [9.17, 15) is 0 Å². The highest BCUT2D eigenvalue weighted by atomic mass is 15.2. The van der Waals surface area contributed by atoms with E-state index in [1.54, 1.807) is 0 Å². The Morgan fingerprint density at radius 1 is 1.36 bits per heavy atom. The van der Waals surface area contributed by atoms with Gasteiger partial charge in [-0.3, -0.25) is 0 Å². The Morgan fingerprint density at radius 3 is 2.09 bits per heavy atom. The molecule has 0 aliphatic rings. The van der Waals surface area contributed by atoms with Gasteiger partial charge in [0.25, 0.3) is 0 Å². The van der Waals surface area contributed by atoms with Crippen LogP contribution < -0.4 is 5.73 Å². The molecule has 0 aromatic heterocycles. The van der Waals surface area contributed by atoms with Crippen LogP contribution in [0.2, 0.25) is 0 Å². The largest absolute Gasteiger partial charge is 0.326 e. The van der Waals surface area contributed by atoms with Gasteiger partial charge in [0.2, 0.25) is 0 Å². The number of hydrogen-bond donors (Lipinski definition) is 1. The zero-order valence-corrected chi connectivity index (χ0v) is 8.52. The molecule has 11 heavy (non-hydrogen) atoms. The number of nitrogens with zero attached hydrogens (tertiary/aromatic N) is 1. The fourth-order valence-corrected chi connectivity index (χ4v) is 0.996. The van der Waals surface area contributed by atoms with E-state index in [0.717, 1.165) is 6.42 Å². The van der Waals surface area contributed by atoms with Gasteiger partial charge in [-0.1, -0.05) is 13.3 Å². The van der Waals surface area contributed by atoms with Crippen LogP contribution in [-0.4, -0.2) is 30.6 Å². The Kier molecular flexibility index (Phi) is 4.04. The van der Waals surface area contributed by atoms with Crippen molar-refractivity contribution in [3.8, 4) is 0 Å². The first kappa shape index (κ1) is 10.9. The minimum absolute atomic E-state index is 0.121. The quantitative estimate of drug-likeness (QED) is 0.671. The monoisotopic (exact) mass is 158 g/mol. The molecule has 1 atom stereocenters. The molecular formula is C9H22N2. The molecule has 0 aliphatic carbocycles. The Hall–Kier alpha value is -0.0800. The zero-order chi connectivity index (χ0) is 9.07. The molecule has 0 radical (unpaired) electrons. The van der Waals surface area contributed by atoms with Crippen molar-refractivity contribution < 1.29 is 0 Å². The fraction of sp³-hybridized carbons (Fsp3) is 1.00. The van der Waals surface area contributed by atoms with Gasteiger partial charge in [0.05, 0.1) is 0 Å². The SMILES string of the molecule is CCC[C@H](N)C(C)(C)N(C)C. The molecule has 0 amide bonds. The van der Waals surface area contributed by atoms with Crippen molar-refractivity contribution >= 4 is 0 Å². The lowest BCUT2D eigenvalue weighted by Gasteiger charge is -2.38. The van der Waals surface area contributed by atoms with E-state index in [1.807, 2.05) is 0 Å². The molecule has 0 heterocycles. The molecule has 2 N–H and O–H groups in total. The summed E-state index contributed by atoms with van der Waals surface area (Å²) in [7, 11) is 4.16. The van der Waals surface area contributed by atoms with Crippen molar-refractivity contribution in [2.24, 2.45) is 5.73 Å². The van der Waals surface area contributed by atoms with Crippen LogP contribution in [0.25, 0.3) is 0 Å². The summed E-state index contributed by atoms with van der Waals surface area (Å²) in [5, 5.41) is 0. The third kappa shape index (κ3) is 2.80. The van der Waals surface area contributed by atoms with Crippen LogP contribution in [0.5, 0.6) is 0 Å². The van der Waals surface area contributed by atoms with E-state index in [4.69, 9.17) is 5.73 Å². The maximum atomic E-state index is 6.02. The second kappa shape index (κ2) is 4.07. The molecule has 0 rings (SSSR count). The van der Waals surface area contributed by atoms with Crippen molar-refractivity contribution in [3.05, 3.63) is 0 Å². The van der Waals surface area contributed by atoms with Gasteiger partial charge in [0.15, 0.2) is 0 Å². The first-order chi connectivity index (χ1) is 4.92. The highest BCUT2D eigenvalue weighted by molar-refractivity contribution is 4.88. The maximum absolute atomic E-state index is 6.02. The smallest absolute Gasteiger partial charge is 0.0298 e. The highest BCUT2D eigenvalue weighted by Gasteiger charge is 2.27. The lowest BCUT2D eigenvalue weighted by molar-refractivity contribution is 0.153. The van der Waals surface area contributed by atoms with Gasteiger partial charge in [0, 0.05) is 11.6 Å². The number of hydrogen-bond acceptors (Lipinski definition) is 2.